The van der Waals surface area contributed by atoms with Crippen LogP contribution in [0.25, 0.3) is 0 Å². The number of amides is 2. The molecule has 182 valence electrons. The van der Waals surface area contributed by atoms with Gasteiger partial charge in [-0.05, 0) is 60.9 Å². The number of carbonyl (C=O) groups is 2. The zero-order chi connectivity index (χ0) is 24.8. The monoisotopic (exact) mass is 476 g/mol. The molecule has 0 saturated carbocycles. The molecule has 2 N–H and O–H groups in total. The molecule has 1 aliphatic rings. The average Bonchev–Trinajstić information content (AvgIpc) is 3.43. The molecule has 4 rings (SSSR count). The van der Waals surface area contributed by atoms with E-state index < -0.39 is 12.2 Å². The number of hydrazone groups is 1. The fourth-order valence-corrected chi connectivity index (χ4v) is 3.79. The van der Waals surface area contributed by atoms with Crippen molar-refractivity contribution in [1.29, 1.82) is 0 Å². The zero-order valence-electron chi connectivity index (χ0n) is 19.9. The molecule has 35 heavy (non-hydrogen) atoms. The Morgan fingerprint density at radius 2 is 1.89 bits per heavy atom. The Morgan fingerprint density at radius 1 is 1.11 bits per heavy atom. The third kappa shape index (κ3) is 5.46. The highest BCUT2D eigenvalue weighted by Crippen LogP contribution is 2.30. The van der Waals surface area contributed by atoms with Gasteiger partial charge in [-0.2, -0.15) is 10.1 Å². The second-order valence-electron chi connectivity index (χ2n) is 7.94. The van der Waals surface area contributed by atoms with Gasteiger partial charge < -0.3 is 24.5 Å². The molecule has 2 aromatic carbocycles. The Kier molecular flexibility index (Phi) is 7.35. The van der Waals surface area contributed by atoms with Gasteiger partial charge in [0.15, 0.2) is 11.5 Å². The van der Waals surface area contributed by atoms with Crippen LogP contribution >= 0.6 is 0 Å². The third-order valence-electron chi connectivity index (χ3n) is 5.70. The highest BCUT2D eigenvalue weighted by molar-refractivity contribution is 6.06. The normalized spacial score (nSPS) is 15.3. The minimum absolute atomic E-state index is 0.207. The summed E-state index contributed by atoms with van der Waals surface area (Å²) in [5.74, 6) is 0.984. The predicted molar refractivity (Wildman–Crippen MR) is 132 cm³/mol. The van der Waals surface area contributed by atoms with E-state index in [0.717, 1.165) is 11.1 Å². The smallest absolute Gasteiger partial charge is 0.431 e. The van der Waals surface area contributed by atoms with Gasteiger partial charge in [0.2, 0.25) is 0 Å². The van der Waals surface area contributed by atoms with Crippen molar-refractivity contribution in [2.45, 2.75) is 25.9 Å². The lowest BCUT2D eigenvalue weighted by Crippen LogP contribution is -2.42. The second-order valence-corrected chi connectivity index (χ2v) is 7.94. The number of nitrogens with one attached hydrogen (secondary N) is 2. The number of ether oxygens (including phenoxy) is 3. The van der Waals surface area contributed by atoms with Gasteiger partial charge in [0.05, 0.1) is 20.8 Å². The first-order valence-corrected chi connectivity index (χ1v) is 11.3. The number of aromatic amines is 1. The maximum Gasteiger partial charge on any atom is 0.431 e. The van der Waals surface area contributed by atoms with Gasteiger partial charge in [-0.3, -0.25) is 4.79 Å². The number of nitrogens with zero attached hydrogens (tertiary/aromatic N) is 2. The Hall–Kier alpha value is -4.27. The topological polar surface area (TPSA) is 105 Å². The Bertz CT molecular complexity index is 1200. The van der Waals surface area contributed by atoms with E-state index in [-0.39, 0.29) is 5.91 Å². The van der Waals surface area contributed by atoms with Gasteiger partial charge in [-0.25, -0.2) is 4.79 Å². The van der Waals surface area contributed by atoms with E-state index in [1.807, 2.05) is 43.3 Å². The van der Waals surface area contributed by atoms with Crippen molar-refractivity contribution in [3.05, 3.63) is 77.6 Å². The van der Waals surface area contributed by atoms with Gasteiger partial charge in [0.1, 0.15) is 17.5 Å². The van der Waals surface area contributed by atoms with Crippen LogP contribution < -0.4 is 14.8 Å². The summed E-state index contributed by atoms with van der Waals surface area (Å²) >= 11 is 0. The number of anilines is 1. The molecule has 3 aromatic rings. The molecule has 1 aromatic heterocycles. The number of hydrogen-bond acceptors (Lipinski definition) is 6. The van der Waals surface area contributed by atoms with Crippen molar-refractivity contribution in [3.8, 4) is 11.5 Å². The Morgan fingerprint density at radius 3 is 2.54 bits per heavy atom. The summed E-state index contributed by atoms with van der Waals surface area (Å²) in [7, 11) is 3.15. The number of H-pyrrole nitrogens is 1. The molecular formula is C26H28N4O5. The van der Waals surface area contributed by atoms with E-state index in [0.29, 0.717) is 48.0 Å². The molecule has 1 unspecified atom stereocenters. The molecule has 9 heteroatoms. The third-order valence-corrected chi connectivity index (χ3v) is 5.70. The average molecular weight is 477 g/mol. The number of hydrogen-bond donors (Lipinski definition) is 2. The second kappa shape index (κ2) is 10.8. The van der Waals surface area contributed by atoms with E-state index in [1.54, 1.807) is 38.6 Å². The Labute approximate surface area is 203 Å². The molecule has 0 radical (unpaired) electrons. The fourth-order valence-electron chi connectivity index (χ4n) is 3.79. The van der Waals surface area contributed by atoms with E-state index in [4.69, 9.17) is 14.2 Å². The number of methoxy groups -OCH3 is 2. The molecule has 9 nitrogen and oxygen atoms in total. The van der Waals surface area contributed by atoms with Gasteiger partial charge in [0, 0.05) is 17.4 Å². The largest absolute Gasteiger partial charge is 0.493 e. The van der Waals surface area contributed by atoms with Crippen LogP contribution in [0.3, 0.4) is 0 Å². The SMILES string of the molecule is CCC1OC(=O)N(CCc2ccc(NC(=O)c3ccc[nH]3)cc2)N=C1c1ccc(OC)c(OC)c1. The molecular weight excluding hydrogens is 448 g/mol. The fraction of sp³-hybridized carbons (Fsp3) is 0.269. The maximum absolute atomic E-state index is 12.6. The van der Waals surface area contributed by atoms with Crippen molar-refractivity contribution in [1.82, 2.24) is 9.99 Å². The number of rotatable bonds is 9. The van der Waals surface area contributed by atoms with Crippen LogP contribution in [-0.4, -0.2) is 54.6 Å². The summed E-state index contributed by atoms with van der Waals surface area (Å²) in [6.07, 6.45) is 1.95. The van der Waals surface area contributed by atoms with E-state index in [1.165, 1.54) is 5.01 Å². The summed E-state index contributed by atoms with van der Waals surface area (Å²) in [4.78, 5) is 27.6. The summed E-state index contributed by atoms with van der Waals surface area (Å²) in [5.41, 5.74) is 3.64. The molecule has 1 aliphatic heterocycles. The molecule has 0 saturated heterocycles. The quantitative estimate of drug-likeness (QED) is 0.474. The summed E-state index contributed by atoms with van der Waals surface area (Å²) in [5, 5.41) is 8.82. The molecule has 0 bridgehead atoms. The highest BCUT2D eigenvalue weighted by atomic mass is 16.6. The number of carbonyl (C=O) groups excluding carboxylic acids is 2. The van der Waals surface area contributed by atoms with Crippen LogP contribution in [0, 0.1) is 0 Å². The first-order chi connectivity index (χ1) is 17.0. The van der Waals surface area contributed by atoms with Gasteiger partial charge in [-0.15, -0.1) is 0 Å². The van der Waals surface area contributed by atoms with Crippen LogP contribution in [0.1, 0.15) is 35.0 Å². The van der Waals surface area contributed by atoms with E-state index in [2.05, 4.69) is 15.4 Å². The minimum Gasteiger partial charge on any atom is -0.493 e. The molecule has 2 amide bonds. The number of aromatic nitrogens is 1. The van der Waals surface area contributed by atoms with Gasteiger partial charge in [0.25, 0.3) is 5.91 Å². The van der Waals surface area contributed by atoms with Crippen molar-refractivity contribution >= 4 is 23.4 Å². The zero-order valence-corrected chi connectivity index (χ0v) is 19.9. The van der Waals surface area contributed by atoms with Crippen molar-refractivity contribution < 1.29 is 23.8 Å². The van der Waals surface area contributed by atoms with Crippen LogP contribution in [0.15, 0.2) is 65.9 Å². The molecule has 0 spiro atoms. The summed E-state index contributed by atoms with van der Waals surface area (Å²) in [6.45, 7) is 2.29. The van der Waals surface area contributed by atoms with Gasteiger partial charge in [-0.1, -0.05) is 19.1 Å². The predicted octanol–water partition coefficient (Wildman–Crippen LogP) is 4.46. The Balaban J connectivity index is 1.45. The molecule has 0 fully saturated rings. The first kappa shape index (κ1) is 23.9. The van der Waals surface area contributed by atoms with Crippen molar-refractivity contribution in [2.75, 3.05) is 26.1 Å². The lowest BCUT2D eigenvalue weighted by Gasteiger charge is -2.29. The minimum atomic E-state index is -0.476. The summed E-state index contributed by atoms with van der Waals surface area (Å²) < 4.78 is 16.4. The lowest BCUT2D eigenvalue weighted by molar-refractivity contribution is 0.0741. The first-order valence-electron chi connectivity index (χ1n) is 11.3. The van der Waals surface area contributed by atoms with Crippen LogP contribution in [0.5, 0.6) is 11.5 Å². The van der Waals surface area contributed by atoms with E-state index in [9.17, 15) is 9.59 Å². The summed E-state index contributed by atoms with van der Waals surface area (Å²) in [6, 6.07) is 16.5. The number of cyclic esters (lactones) is 1. The molecule has 0 aliphatic carbocycles. The van der Waals surface area contributed by atoms with Crippen LogP contribution in [0.2, 0.25) is 0 Å². The van der Waals surface area contributed by atoms with E-state index >= 15 is 0 Å². The van der Waals surface area contributed by atoms with Crippen LogP contribution in [-0.2, 0) is 11.2 Å². The standard InChI is InChI=1S/C26H28N4O5/c1-4-21-24(18-9-12-22(33-2)23(16-18)34-3)29-30(26(32)35-21)15-13-17-7-10-19(11-8-17)28-25(31)20-6-5-14-27-20/h5-12,14,16,21,27H,4,13,15H2,1-3H3,(H,28,31). The maximum atomic E-state index is 12.6. The van der Waals surface area contributed by atoms with Crippen LogP contribution in [0.4, 0.5) is 10.5 Å². The van der Waals surface area contributed by atoms with Gasteiger partial charge >= 0.3 is 6.09 Å². The molecule has 2 heterocycles. The van der Waals surface area contributed by atoms with Crippen molar-refractivity contribution in [3.63, 3.8) is 0 Å². The number of benzene rings is 2. The highest BCUT2D eigenvalue weighted by Gasteiger charge is 2.31. The lowest BCUT2D eigenvalue weighted by atomic mass is 10.0. The van der Waals surface area contributed by atoms with Crippen molar-refractivity contribution in [2.24, 2.45) is 5.10 Å². The molecule has 1 atom stereocenters.